The third kappa shape index (κ3) is 2.82. The summed E-state index contributed by atoms with van der Waals surface area (Å²) in [4.78, 5) is 10.5. The first-order valence-electron chi connectivity index (χ1n) is 5.57. The molecule has 0 unspecified atom stereocenters. The smallest absolute Gasteiger partial charge is 0.305 e. The second-order valence-corrected chi connectivity index (χ2v) is 3.84. The van der Waals surface area contributed by atoms with Crippen molar-refractivity contribution in [1.29, 1.82) is 5.41 Å². The molecular formula is C13H13N3O2. The molecule has 0 aliphatic rings. The molecule has 0 saturated carbocycles. The SMILES string of the molecule is N=c1ccc(-c2ccccc2)nn1CCC(=O)O. The van der Waals surface area contributed by atoms with Gasteiger partial charge in [0, 0.05) is 5.56 Å². The van der Waals surface area contributed by atoms with Gasteiger partial charge in [0.1, 0.15) is 5.49 Å². The molecule has 0 atom stereocenters. The van der Waals surface area contributed by atoms with E-state index < -0.39 is 5.97 Å². The van der Waals surface area contributed by atoms with E-state index in [-0.39, 0.29) is 18.5 Å². The monoisotopic (exact) mass is 243 g/mol. The van der Waals surface area contributed by atoms with E-state index in [1.807, 2.05) is 30.3 Å². The number of hydrogen-bond donors (Lipinski definition) is 2. The summed E-state index contributed by atoms with van der Waals surface area (Å²) in [6, 6.07) is 13.0. The van der Waals surface area contributed by atoms with Crippen LogP contribution in [0.2, 0.25) is 0 Å². The van der Waals surface area contributed by atoms with E-state index in [1.54, 1.807) is 12.1 Å². The van der Waals surface area contributed by atoms with Gasteiger partial charge in [0.15, 0.2) is 0 Å². The summed E-state index contributed by atoms with van der Waals surface area (Å²) in [5.74, 6) is -0.895. The van der Waals surface area contributed by atoms with E-state index in [2.05, 4.69) is 5.10 Å². The Labute approximate surface area is 104 Å². The summed E-state index contributed by atoms with van der Waals surface area (Å²) in [6.45, 7) is 0.203. The lowest BCUT2D eigenvalue weighted by Crippen LogP contribution is -2.23. The van der Waals surface area contributed by atoms with Crippen molar-refractivity contribution in [1.82, 2.24) is 9.78 Å². The molecule has 0 bridgehead atoms. The van der Waals surface area contributed by atoms with Crippen LogP contribution in [0, 0.1) is 5.41 Å². The number of rotatable bonds is 4. The summed E-state index contributed by atoms with van der Waals surface area (Å²) < 4.78 is 1.40. The van der Waals surface area contributed by atoms with Gasteiger partial charge in [-0.1, -0.05) is 30.3 Å². The van der Waals surface area contributed by atoms with Crippen molar-refractivity contribution < 1.29 is 9.90 Å². The first kappa shape index (κ1) is 12.0. The van der Waals surface area contributed by atoms with E-state index in [0.29, 0.717) is 0 Å². The van der Waals surface area contributed by atoms with Crippen LogP contribution in [-0.2, 0) is 11.3 Å². The minimum Gasteiger partial charge on any atom is -0.481 e. The van der Waals surface area contributed by atoms with E-state index >= 15 is 0 Å². The highest BCUT2D eigenvalue weighted by Gasteiger charge is 2.03. The number of nitrogens with zero attached hydrogens (tertiary/aromatic N) is 2. The molecule has 0 radical (unpaired) electrons. The fourth-order valence-electron chi connectivity index (χ4n) is 1.60. The molecule has 0 amide bonds. The highest BCUT2D eigenvalue weighted by Crippen LogP contribution is 2.13. The summed E-state index contributed by atoms with van der Waals surface area (Å²) >= 11 is 0. The quantitative estimate of drug-likeness (QED) is 0.854. The molecule has 0 fully saturated rings. The standard InChI is InChI=1S/C13H13N3O2/c14-12-7-6-11(10-4-2-1-3-5-10)15-16(12)9-8-13(17)18/h1-7,14H,8-9H2,(H,17,18). The van der Waals surface area contributed by atoms with Gasteiger partial charge in [-0.05, 0) is 12.1 Å². The zero-order valence-electron chi connectivity index (χ0n) is 9.71. The topological polar surface area (TPSA) is 79.0 Å². The van der Waals surface area contributed by atoms with E-state index in [0.717, 1.165) is 11.3 Å². The van der Waals surface area contributed by atoms with Gasteiger partial charge < -0.3 is 5.11 Å². The highest BCUT2D eigenvalue weighted by molar-refractivity contribution is 5.66. The molecule has 5 nitrogen and oxygen atoms in total. The van der Waals surface area contributed by atoms with Gasteiger partial charge in [0.2, 0.25) is 0 Å². The number of carboxylic acid groups (broad SMARTS) is 1. The largest absolute Gasteiger partial charge is 0.481 e. The zero-order chi connectivity index (χ0) is 13.0. The Morgan fingerprint density at radius 1 is 1.22 bits per heavy atom. The van der Waals surface area contributed by atoms with Crippen molar-refractivity contribution in [2.24, 2.45) is 0 Å². The van der Waals surface area contributed by atoms with Crippen LogP contribution in [0.5, 0.6) is 0 Å². The first-order valence-corrected chi connectivity index (χ1v) is 5.57. The summed E-state index contributed by atoms with van der Waals surface area (Å²) in [5, 5.41) is 20.6. The van der Waals surface area contributed by atoms with Gasteiger partial charge in [0.05, 0.1) is 18.7 Å². The molecule has 18 heavy (non-hydrogen) atoms. The molecule has 1 aromatic carbocycles. The van der Waals surface area contributed by atoms with E-state index in [1.165, 1.54) is 4.68 Å². The van der Waals surface area contributed by atoms with Crippen LogP contribution in [0.4, 0.5) is 0 Å². The van der Waals surface area contributed by atoms with Crippen LogP contribution in [0.15, 0.2) is 42.5 Å². The molecular weight excluding hydrogens is 230 g/mol. The number of aromatic nitrogens is 2. The van der Waals surface area contributed by atoms with E-state index in [9.17, 15) is 4.79 Å². The minimum absolute atomic E-state index is 0.0399. The van der Waals surface area contributed by atoms with Gasteiger partial charge in [-0.2, -0.15) is 5.10 Å². The fourth-order valence-corrected chi connectivity index (χ4v) is 1.60. The fraction of sp³-hybridized carbons (Fsp3) is 0.154. The maximum Gasteiger partial charge on any atom is 0.305 e. The molecule has 2 rings (SSSR count). The van der Waals surface area contributed by atoms with Crippen LogP contribution < -0.4 is 5.49 Å². The molecule has 0 aliphatic carbocycles. The number of benzene rings is 1. The highest BCUT2D eigenvalue weighted by atomic mass is 16.4. The molecule has 1 aromatic heterocycles. The minimum atomic E-state index is -0.895. The molecule has 5 heteroatoms. The Kier molecular flexibility index (Phi) is 3.52. The van der Waals surface area contributed by atoms with Crippen LogP contribution in [0.25, 0.3) is 11.3 Å². The van der Waals surface area contributed by atoms with Crippen LogP contribution in [-0.4, -0.2) is 20.9 Å². The molecule has 0 aliphatic heterocycles. The normalized spacial score (nSPS) is 10.2. The first-order chi connectivity index (χ1) is 8.66. The number of aliphatic carboxylic acids is 1. The predicted octanol–water partition coefficient (Wildman–Crippen LogP) is 1.50. The van der Waals surface area contributed by atoms with Crippen molar-refractivity contribution in [3.63, 3.8) is 0 Å². The predicted molar refractivity (Wildman–Crippen MR) is 65.8 cm³/mol. The second kappa shape index (κ2) is 5.27. The molecule has 1 heterocycles. The third-order valence-electron chi connectivity index (χ3n) is 2.51. The molecule has 0 saturated heterocycles. The van der Waals surface area contributed by atoms with Crippen molar-refractivity contribution >= 4 is 5.97 Å². The summed E-state index contributed by atoms with van der Waals surface area (Å²) in [7, 11) is 0. The lowest BCUT2D eigenvalue weighted by Gasteiger charge is -2.07. The summed E-state index contributed by atoms with van der Waals surface area (Å²) in [6.07, 6.45) is -0.0399. The van der Waals surface area contributed by atoms with Crippen molar-refractivity contribution in [3.8, 4) is 11.3 Å². The molecule has 2 aromatic rings. The van der Waals surface area contributed by atoms with Crippen molar-refractivity contribution in [3.05, 3.63) is 48.0 Å². The molecule has 0 spiro atoms. The van der Waals surface area contributed by atoms with Crippen LogP contribution in [0.3, 0.4) is 0 Å². The number of nitrogens with one attached hydrogen (secondary N) is 1. The molecule has 92 valence electrons. The zero-order valence-corrected chi connectivity index (χ0v) is 9.71. The van der Waals surface area contributed by atoms with Gasteiger partial charge in [-0.3, -0.25) is 10.2 Å². The van der Waals surface area contributed by atoms with Gasteiger partial charge in [-0.15, -0.1) is 0 Å². The van der Waals surface area contributed by atoms with Crippen molar-refractivity contribution in [2.75, 3.05) is 0 Å². The number of carbonyl (C=O) groups is 1. The summed E-state index contributed by atoms with van der Waals surface area (Å²) in [5.41, 5.74) is 1.88. The lowest BCUT2D eigenvalue weighted by molar-refractivity contribution is -0.137. The Hall–Kier alpha value is -2.43. The van der Waals surface area contributed by atoms with Gasteiger partial charge in [0.25, 0.3) is 0 Å². The Morgan fingerprint density at radius 3 is 2.61 bits per heavy atom. The Bertz CT molecular complexity index is 605. The van der Waals surface area contributed by atoms with Crippen LogP contribution in [0.1, 0.15) is 6.42 Å². The van der Waals surface area contributed by atoms with Crippen LogP contribution >= 0.6 is 0 Å². The average Bonchev–Trinajstić information content (AvgIpc) is 2.38. The maximum atomic E-state index is 10.5. The second-order valence-electron chi connectivity index (χ2n) is 3.84. The average molecular weight is 243 g/mol. The maximum absolute atomic E-state index is 10.5. The third-order valence-corrected chi connectivity index (χ3v) is 2.51. The molecule has 2 N–H and O–H groups in total. The van der Waals surface area contributed by atoms with Gasteiger partial charge >= 0.3 is 5.97 Å². The lowest BCUT2D eigenvalue weighted by atomic mass is 10.1. The number of hydrogen-bond acceptors (Lipinski definition) is 3. The number of aryl methyl sites for hydroxylation is 1. The Morgan fingerprint density at radius 2 is 1.94 bits per heavy atom. The number of carboxylic acids is 1. The van der Waals surface area contributed by atoms with Crippen molar-refractivity contribution in [2.45, 2.75) is 13.0 Å². The van der Waals surface area contributed by atoms with E-state index in [4.69, 9.17) is 10.5 Å². The Balaban J connectivity index is 2.32. The van der Waals surface area contributed by atoms with Gasteiger partial charge in [-0.25, -0.2) is 4.68 Å².